The molecule has 84 valence electrons. The minimum absolute atomic E-state index is 0.980. The van der Waals surface area contributed by atoms with E-state index >= 15 is 0 Å². The van der Waals surface area contributed by atoms with Gasteiger partial charge >= 0.3 is 0 Å². The van der Waals surface area contributed by atoms with Crippen molar-refractivity contribution in [1.29, 1.82) is 0 Å². The Hall–Kier alpha value is -0.940. The maximum Gasteiger partial charge on any atom is 0.190 e. The van der Waals surface area contributed by atoms with E-state index < -0.39 is 0 Å². The first-order valence-corrected chi connectivity index (χ1v) is 6.98. The summed E-state index contributed by atoms with van der Waals surface area (Å²) in [6.07, 6.45) is 1.73. The third-order valence-electron chi connectivity index (χ3n) is 2.00. The van der Waals surface area contributed by atoms with E-state index in [0.717, 1.165) is 16.7 Å². The van der Waals surface area contributed by atoms with Crippen molar-refractivity contribution in [3.63, 3.8) is 0 Å². The Morgan fingerprint density at radius 3 is 2.56 bits per heavy atom. The van der Waals surface area contributed by atoms with Gasteiger partial charge in [0.2, 0.25) is 0 Å². The quantitative estimate of drug-likeness (QED) is 0.604. The number of aromatic nitrogens is 3. The lowest BCUT2D eigenvalue weighted by molar-refractivity contribution is 0.789. The zero-order valence-corrected chi connectivity index (χ0v) is 10.7. The Morgan fingerprint density at radius 1 is 1.12 bits per heavy atom. The van der Waals surface area contributed by atoms with Gasteiger partial charge in [0, 0.05) is 23.4 Å². The minimum atomic E-state index is 0.980. The summed E-state index contributed by atoms with van der Waals surface area (Å²) in [7, 11) is 1.96. The number of hydrogen-bond donors (Lipinski definition) is 0. The first-order chi connectivity index (χ1) is 7.86. The molecular formula is C11H13N3S2. The van der Waals surface area contributed by atoms with Crippen LogP contribution in [0.4, 0.5) is 0 Å². The van der Waals surface area contributed by atoms with Gasteiger partial charge in [0.1, 0.15) is 6.33 Å². The standard InChI is InChI=1S/C11H13N3S2/c1-14-9-12-13-11(14)16-8-7-15-10-5-3-2-4-6-10/h2-6,9H,7-8H2,1H3. The van der Waals surface area contributed by atoms with Crippen LogP contribution in [0, 0.1) is 0 Å². The molecule has 0 aliphatic heterocycles. The summed E-state index contributed by atoms with van der Waals surface area (Å²) in [6.45, 7) is 0. The van der Waals surface area contributed by atoms with Crippen molar-refractivity contribution in [3.8, 4) is 0 Å². The van der Waals surface area contributed by atoms with Crippen molar-refractivity contribution in [2.24, 2.45) is 7.05 Å². The molecule has 1 heterocycles. The number of aryl methyl sites for hydroxylation is 1. The Morgan fingerprint density at radius 2 is 1.88 bits per heavy atom. The second-order valence-electron chi connectivity index (χ2n) is 3.23. The van der Waals surface area contributed by atoms with Crippen LogP contribution in [0.2, 0.25) is 0 Å². The summed E-state index contributed by atoms with van der Waals surface area (Å²) in [4.78, 5) is 1.32. The first-order valence-electron chi connectivity index (χ1n) is 5.01. The summed E-state index contributed by atoms with van der Waals surface area (Å²) in [5, 5.41) is 8.85. The van der Waals surface area contributed by atoms with Crippen LogP contribution in [0.25, 0.3) is 0 Å². The Balaban J connectivity index is 1.72. The van der Waals surface area contributed by atoms with E-state index in [-0.39, 0.29) is 0 Å². The van der Waals surface area contributed by atoms with Crippen LogP contribution in [-0.2, 0) is 7.05 Å². The van der Waals surface area contributed by atoms with Gasteiger partial charge in [-0.1, -0.05) is 30.0 Å². The van der Waals surface area contributed by atoms with Crippen LogP contribution in [0.5, 0.6) is 0 Å². The molecule has 0 bridgehead atoms. The Bertz CT molecular complexity index is 428. The van der Waals surface area contributed by atoms with Gasteiger partial charge < -0.3 is 4.57 Å². The van der Waals surface area contributed by atoms with E-state index in [0.29, 0.717) is 0 Å². The van der Waals surface area contributed by atoms with E-state index in [1.54, 1.807) is 18.1 Å². The number of benzene rings is 1. The maximum atomic E-state index is 4.03. The van der Waals surface area contributed by atoms with Crippen molar-refractivity contribution in [3.05, 3.63) is 36.7 Å². The van der Waals surface area contributed by atoms with Crippen LogP contribution < -0.4 is 0 Å². The zero-order valence-electron chi connectivity index (χ0n) is 9.04. The molecule has 0 unspecified atom stereocenters. The number of thioether (sulfide) groups is 2. The van der Waals surface area contributed by atoms with Gasteiger partial charge in [-0.3, -0.25) is 0 Å². The van der Waals surface area contributed by atoms with Gasteiger partial charge in [-0.25, -0.2) is 0 Å². The van der Waals surface area contributed by atoms with Crippen molar-refractivity contribution in [2.75, 3.05) is 11.5 Å². The van der Waals surface area contributed by atoms with Crippen LogP contribution in [-0.4, -0.2) is 26.3 Å². The van der Waals surface area contributed by atoms with Crippen LogP contribution in [0.3, 0.4) is 0 Å². The molecule has 0 aliphatic rings. The molecule has 1 aromatic carbocycles. The molecule has 5 heteroatoms. The summed E-state index contributed by atoms with van der Waals surface area (Å²) in [5.74, 6) is 2.13. The van der Waals surface area contributed by atoms with Crippen molar-refractivity contribution < 1.29 is 0 Å². The molecule has 16 heavy (non-hydrogen) atoms. The minimum Gasteiger partial charge on any atom is -0.312 e. The summed E-state index contributed by atoms with van der Waals surface area (Å²) in [5.41, 5.74) is 0. The monoisotopic (exact) mass is 251 g/mol. The van der Waals surface area contributed by atoms with Crippen molar-refractivity contribution >= 4 is 23.5 Å². The van der Waals surface area contributed by atoms with Gasteiger partial charge in [0.05, 0.1) is 0 Å². The zero-order chi connectivity index (χ0) is 11.2. The Labute approximate surface area is 104 Å². The molecule has 2 rings (SSSR count). The van der Waals surface area contributed by atoms with Crippen molar-refractivity contribution in [2.45, 2.75) is 10.1 Å². The molecule has 0 N–H and O–H groups in total. The van der Waals surface area contributed by atoms with Crippen molar-refractivity contribution in [1.82, 2.24) is 14.8 Å². The molecule has 0 saturated heterocycles. The molecule has 2 aromatic rings. The van der Waals surface area contributed by atoms with Gasteiger partial charge in [-0.2, -0.15) is 0 Å². The fraction of sp³-hybridized carbons (Fsp3) is 0.273. The number of hydrogen-bond acceptors (Lipinski definition) is 4. The predicted molar refractivity (Wildman–Crippen MR) is 68.9 cm³/mol. The van der Waals surface area contributed by atoms with Crippen LogP contribution in [0.15, 0.2) is 46.7 Å². The topological polar surface area (TPSA) is 30.7 Å². The van der Waals surface area contributed by atoms with Crippen LogP contribution in [0.1, 0.15) is 0 Å². The molecule has 0 radical (unpaired) electrons. The lowest BCUT2D eigenvalue weighted by atomic mass is 10.4. The molecule has 0 fully saturated rings. The normalized spacial score (nSPS) is 10.6. The highest BCUT2D eigenvalue weighted by Gasteiger charge is 2.00. The van der Waals surface area contributed by atoms with Crippen LogP contribution >= 0.6 is 23.5 Å². The number of rotatable bonds is 5. The average molecular weight is 251 g/mol. The van der Waals surface area contributed by atoms with E-state index in [9.17, 15) is 0 Å². The number of nitrogens with zero attached hydrogens (tertiary/aromatic N) is 3. The third-order valence-corrected chi connectivity index (χ3v) is 4.30. The van der Waals surface area contributed by atoms with Gasteiger partial charge in [0.25, 0.3) is 0 Å². The molecule has 0 saturated carbocycles. The molecular weight excluding hydrogens is 238 g/mol. The highest BCUT2D eigenvalue weighted by Crippen LogP contribution is 2.20. The smallest absolute Gasteiger partial charge is 0.190 e. The van der Waals surface area contributed by atoms with Gasteiger partial charge in [0.15, 0.2) is 5.16 Å². The summed E-state index contributed by atoms with van der Waals surface area (Å²) in [6, 6.07) is 10.4. The first kappa shape index (κ1) is 11.5. The van der Waals surface area contributed by atoms with E-state index in [4.69, 9.17) is 0 Å². The third kappa shape index (κ3) is 3.28. The second kappa shape index (κ2) is 5.96. The maximum absolute atomic E-state index is 4.03. The average Bonchev–Trinajstić information content (AvgIpc) is 2.72. The van der Waals surface area contributed by atoms with Gasteiger partial charge in [-0.15, -0.1) is 22.0 Å². The van der Waals surface area contributed by atoms with E-state index in [1.165, 1.54) is 4.90 Å². The fourth-order valence-corrected chi connectivity index (χ4v) is 3.00. The highest BCUT2D eigenvalue weighted by atomic mass is 32.2. The van der Waals surface area contributed by atoms with Gasteiger partial charge in [-0.05, 0) is 12.1 Å². The molecule has 0 spiro atoms. The molecule has 0 aliphatic carbocycles. The molecule has 1 aromatic heterocycles. The fourth-order valence-electron chi connectivity index (χ4n) is 1.21. The molecule has 0 atom stereocenters. The second-order valence-corrected chi connectivity index (χ2v) is 5.46. The van der Waals surface area contributed by atoms with E-state index in [1.807, 2.05) is 29.4 Å². The largest absolute Gasteiger partial charge is 0.312 e. The lowest BCUT2D eigenvalue weighted by Gasteiger charge is -2.01. The highest BCUT2D eigenvalue weighted by molar-refractivity contribution is 8.02. The summed E-state index contributed by atoms with van der Waals surface area (Å²) >= 11 is 3.61. The lowest BCUT2D eigenvalue weighted by Crippen LogP contribution is -1.91. The Kier molecular flexibility index (Phi) is 4.30. The SMILES string of the molecule is Cn1cnnc1SCCSc1ccccc1. The van der Waals surface area contributed by atoms with E-state index in [2.05, 4.69) is 34.5 Å². The molecule has 3 nitrogen and oxygen atoms in total. The summed E-state index contributed by atoms with van der Waals surface area (Å²) < 4.78 is 1.94. The predicted octanol–water partition coefficient (Wildman–Crippen LogP) is 2.70. The molecule has 0 amide bonds.